The van der Waals surface area contributed by atoms with E-state index in [0.29, 0.717) is 13.2 Å². The number of carbonyl (C=O) groups excluding carboxylic acids is 1. The van der Waals surface area contributed by atoms with Gasteiger partial charge in [-0.25, -0.2) is 4.79 Å². The van der Waals surface area contributed by atoms with Crippen LogP contribution in [0.15, 0.2) is 60.7 Å². The van der Waals surface area contributed by atoms with Gasteiger partial charge in [0.05, 0.1) is 6.61 Å². The molecule has 0 radical (unpaired) electrons. The molecule has 0 saturated heterocycles. The second-order valence-electron chi connectivity index (χ2n) is 6.48. The quantitative estimate of drug-likeness (QED) is 0.613. The third kappa shape index (κ3) is 3.60. The molecule has 0 N–H and O–H groups in total. The third-order valence-electron chi connectivity index (χ3n) is 4.86. The van der Waals surface area contributed by atoms with Crippen molar-refractivity contribution in [3.63, 3.8) is 0 Å². The Hall–Kier alpha value is -2.55. The van der Waals surface area contributed by atoms with Crippen molar-refractivity contribution in [3.05, 3.63) is 77.4 Å². The normalized spacial score (nSPS) is 19.7. The second kappa shape index (κ2) is 7.56. The molecule has 25 heavy (non-hydrogen) atoms. The largest absolute Gasteiger partial charge is 0.464 e. The third-order valence-corrected chi connectivity index (χ3v) is 4.86. The summed E-state index contributed by atoms with van der Waals surface area (Å²) < 4.78 is 5.42. The van der Waals surface area contributed by atoms with E-state index in [0.717, 1.165) is 11.3 Å². The van der Waals surface area contributed by atoms with Crippen LogP contribution in [0.2, 0.25) is 0 Å². The smallest absolute Gasteiger partial charge is 0.329 e. The Morgan fingerprint density at radius 1 is 1.12 bits per heavy atom. The number of ether oxygens (including phenoxy) is 1. The number of hydrogen-bond acceptors (Lipinski definition) is 3. The van der Waals surface area contributed by atoms with Crippen LogP contribution in [0.1, 0.15) is 29.5 Å². The SMILES string of the molecule is CCOC(=O)[C@H]1[C@@H](c2ccccc2)C=CCN1c1ccc(C)c(C)c1. The summed E-state index contributed by atoms with van der Waals surface area (Å²) in [5.74, 6) is -0.186. The summed E-state index contributed by atoms with van der Waals surface area (Å²) in [6, 6.07) is 16.2. The number of rotatable bonds is 4. The van der Waals surface area contributed by atoms with Crippen molar-refractivity contribution in [1.29, 1.82) is 0 Å². The minimum atomic E-state index is -0.352. The fourth-order valence-electron chi connectivity index (χ4n) is 3.37. The van der Waals surface area contributed by atoms with Gasteiger partial charge in [-0.1, -0.05) is 48.6 Å². The molecule has 0 aromatic heterocycles. The van der Waals surface area contributed by atoms with Crippen molar-refractivity contribution in [2.75, 3.05) is 18.1 Å². The first-order valence-electron chi connectivity index (χ1n) is 8.84. The van der Waals surface area contributed by atoms with E-state index in [1.807, 2.05) is 25.1 Å². The minimum absolute atomic E-state index is 0.0180. The summed E-state index contributed by atoms with van der Waals surface area (Å²) >= 11 is 0. The number of nitrogens with zero attached hydrogens (tertiary/aromatic N) is 1. The molecule has 3 rings (SSSR count). The van der Waals surface area contributed by atoms with E-state index in [1.165, 1.54) is 11.1 Å². The van der Waals surface area contributed by atoms with E-state index in [4.69, 9.17) is 4.74 Å². The predicted molar refractivity (Wildman–Crippen MR) is 102 cm³/mol. The van der Waals surface area contributed by atoms with Crippen LogP contribution >= 0.6 is 0 Å². The van der Waals surface area contributed by atoms with Gasteiger partial charge in [0.25, 0.3) is 0 Å². The lowest BCUT2D eigenvalue weighted by molar-refractivity contribution is -0.145. The molecule has 0 unspecified atom stereocenters. The van der Waals surface area contributed by atoms with Gasteiger partial charge >= 0.3 is 5.97 Å². The highest BCUT2D eigenvalue weighted by Gasteiger charge is 2.36. The van der Waals surface area contributed by atoms with Crippen molar-refractivity contribution in [2.24, 2.45) is 0 Å². The van der Waals surface area contributed by atoms with Crippen molar-refractivity contribution in [2.45, 2.75) is 32.7 Å². The Labute approximate surface area is 149 Å². The Balaban J connectivity index is 2.02. The molecule has 3 nitrogen and oxygen atoms in total. The van der Waals surface area contributed by atoms with Crippen molar-refractivity contribution >= 4 is 11.7 Å². The van der Waals surface area contributed by atoms with Gasteiger partial charge in [0.15, 0.2) is 0 Å². The fourth-order valence-corrected chi connectivity index (χ4v) is 3.37. The zero-order chi connectivity index (χ0) is 17.8. The summed E-state index contributed by atoms with van der Waals surface area (Å²) in [6.45, 7) is 7.16. The van der Waals surface area contributed by atoms with Gasteiger partial charge in [-0.3, -0.25) is 0 Å². The molecule has 0 fully saturated rings. The first kappa shape index (κ1) is 17.3. The molecule has 1 heterocycles. The maximum absolute atomic E-state index is 12.8. The van der Waals surface area contributed by atoms with E-state index < -0.39 is 0 Å². The zero-order valence-electron chi connectivity index (χ0n) is 15.1. The highest BCUT2D eigenvalue weighted by atomic mass is 16.5. The number of esters is 1. The van der Waals surface area contributed by atoms with Gasteiger partial charge in [-0.05, 0) is 49.6 Å². The first-order valence-corrected chi connectivity index (χ1v) is 8.84. The number of aryl methyl sites for hydroxylation is 2. The molecule has 0 bridgehead atoms. The van der Waals surface area contributed by atoms with E-state index in [9.17, 15) is 4.79 Å². The lowest BCUT2D eigenvalue weighted by Crippen LogP contribution is -2.48. The van der Waals surface area contributed by atoms with Gasteiger partial charge in [0.1, 0.15) is 6.04 Å². The lowest BCUT2D eigenvalue weighted by Gasteiger charge is -2.38. The number of hydrogen-bond donors (Lipinski definition) is 0. The Bertz CT molecular complexity index is 767. The molecule has 1 aliphatic rings. The average molecular weight is 335 g/mol. The van der Waals surface area contributed by atoms with Crippen LogP contribution in [0.4, 0.5) is 5.69 Å². The summed E-state index contributed by atoms with van der Waals surface area (Å²) in [7, 11) is 0. The number of anilines is 1. The van der Waals surface area contributed by atoms with Crippen LogP contribution in [-0.2, 0) is 9.53 Å². The fraction of sp³-hybridized carbons (Fsp3) is 0.318. The molecule has 3 heteroatoms. The highest BCUT2D eigenvalue weighted by Crippen LogP contribution is 2.33. The number of benzene rings is 2. The minimum Gasteiger partial charge on any atom is -0.464 e. The van der Waals surface area contributed by atoms with Crippen molar-refractivity contribution in [3.8, 4) is 0 Å². The van der Waals surface area contributed by atoms with Gasteiger partial charge in [0, 0.05) is 18.2 Å². The zero-order valence-corrected chi connectivity index (χ0v) is 15.1. The maximum atomic E-state index is 12.8. The van der Waals surface area contributed by atoms with E-state index in [2.05, 4.69) is 61.2 Å². The lowest BCUT2D eigenvalue weighted by atomic mass is 9.87. The predicted octanol–water partition coefficient (Wildman–Crippen LogP) is 4.40. The van der Waals surface area contributed by atoms with Crippen LogP contribution in [-0.4, -0.2) is 25.2 Å². The molecule has 2 aromatic rings. The molecule has 130 valence electrons. The van der Waals surface area contributed by atoms with Gasteiger partial charge in [-0.2, -0.15) is 0 Å². The molecule has 0 amide bonds. The van der Waals surface area contributed by atoms with Crippen LogP contribution in [0, 0.1) is 13.8 Å². The standard InChI is InChI=1S/C22H25NO2/c1-4-25-22(24)21-20(18-9-6-5-7-10-18)11-8-14-23(21)19-13-12-16(2)17(3)15-19/h5-13,15,20-21H,4,14H2,1-3H3/t20-,21-/m1/s1. The van der Waals surface area contributed by atoms with E-state index in [-0.39, 0.29) is 17.9 Å². The summed E-state index contributed by atoms with van der Waals surface area (Å²) in [5, 5.41) is 0. The van der Waals surface area contributed by atoms with Gasteiger partial charge in [-0.15, -0.1) is 0 Å². The monoisotopic (exact) mass is 335 g/mol. The van der Waals surface area contributed by atoms with Crippen LogP contribution in [0.25, 0.3) is 0 Å². The second-order valence-corrected chi connectivity index (χ2v) is 6.48. The molecule has 0 saturated carbocycles. The van der Waals surface area contributed by atoms with E-state index >= 15 is 0 Å². The maximum Gasteiger partial charge on any atom is 0.329 e. The Morgan fingerprint density at radius 3 is 2.56 bits per heavy atom. The summed E-state index contributed by atoms with van der Waals surface area (Å²) in [4.78, 5) is 15.0. The molecule has 2 atom stereocenters. The molecular formula is C22H25NO2. The number of carbonyl (C=O) groups is 1. The topological polar surface area (TPSA) is 29.5 Å². The molecular weight excluding hydrogens is 310 g/mol. The molecule has 1 aliphatic heterocycles. The molecule has 0 aliphatic carbocycles. The molecule has 0 spiro atoms. The van der Waals surface area contributed by atoms with Crippen LogP contribution in [0.3, 0.4) is 0 Å². The summed E-state index contributed by atoms with van der Waals surface area (Å²) in [5.41, 5.74) is 4.67. The van der Waals surface area contributed by atoms with Crippen molar-refractivity contribution in [1.82, 2.24) is 0 Å². The van der Waals surface area contributed by atoms with Crippen LogP contribution in [0.5, 0.6) is 0 Å². The van der Waals surface area contributed by atoms with Crippen LogP contribution < -0.4 is 4.90 Å². The van der Waals surface area contributed by atoms with E-state index in [1.54, 1.807) is 0 Å². The highest BCUT2D eigenvalue weighted by molar-refractivity contribution is 5.83. The van der Waals surface area contributed by atoms with Gasteiger partial charge in [0.2, 0.25) is 0 Å². The summed E-state index contributed by atoms with van der Waals surface area (Å²) in [6.07, 6.45) is 4.27. The first-order chi connectivity index (χ1) is 12.1. The Kier molecular flexibility index (Phi) is 5.22. The van der Waals surface area contributed by atoms with Gasteiger partial charge < -0.3 is 9.64 Å². The Morgan fingerprint density at radius 2 is 1.88 bits per heavy atom. The average Bonchev–Trinajstić information content (AvgIpc) is 2.64. The molecule has 2 aromatic carbocycles. The van der Waals surface area contributed by atoms with Crippen molar-refractivity contribution < 1.29 is 9.53 Å².